The van der Waals surface area contributed by atoms with Gasteiger partial charge in [0.1, 0.15) is 5.69 Å². The van der Waals surface area contributed by atoms with Gasteiger partial charge in [-0.05, 0) is 6.07 Å². The van der Waals surface area contributed by atoms with E-state index in [2.05, 4.69) is 0 Å². The number of rotatable bonds is 4. The van der Waals surface area contributed by atoms with Crippen LogP contribution in [-0.4, -0.2) is 22.4 Å². The van der Waals surface area contributed by atoms with Crippen LogP contribution in [0.4, 0.5) is 24.5 Å². The van der Waals surface area contributed by atoms with Crippen LogP contribution in [0, 0.1) is 10.1 Å². The molecule has 102 valence electrons. The molecule has 0 fully saturated rings. The van der Waals surface area contributed by atoms with Crippen LogP contribution >= 0.6 is 0 Å². The van der Waals surface area contributed by atoms with E-state index in [4.69, 9.17) is 5.11 Å². The zero-order chi connectivity index (χ0) is 14.8. The summed E-state index contributed by atoms with van der Waals surface area (Å²) in [4.78, 5) is 30.5. The molecule has 0 radical (unpaired) electrons. The van der Waals surface area contributed by atoms with Crippen molar-refractivity contribution in [2.45, 2.75) is 6.18 Å². The van der Waals surface area contributed by atoms with Gasteiger partial charge < -0.3 is 10.4 Å². The van der Waals surface area contributed by atoms with Crippen LogP contribution in [0.2, 0.25) is 0 Å². The van der Waals surface area contributed by atoms with E-state index in [1.165, 1.54) is 0 Å². The van der Waals surface area contributed by atoms with Gasteiger partial charge in [-0.2, -0.15) is 13.2 Å². The van der Waals surface area contributed by atoms with E-state index < -0.39 is 39.6 Å². The maximum Gasteiger partial charge on any atom is 0.416 e. The summed E-state index contributed by atoms with van der Waals surface area (Å²) in [5.41, 5.74) is -4.47. The number of anilines is 1. The minimum Gasteiger partial charge on any atom is -0.478 e. The normalized spacial score (nSPS) is 10.9. The molecule has 1 aromatic carbocycles. The van der Waals surface area contributed by atoms with E-state index >= 15 is 0 Å². The molecule has 2 N–H and O–H groups in total. The molecule has 0 unspecified atom stereocenters. The zero-order valence-corrected chi connectivity index (χ0v) is 8.89. The molecule has 0 atom stereocenters. The molecular formula is C9H5F3N2O5. The summed E-state index contributed by atoms with van der Waals surface area (Å²) < 4.78 is 37.5. The van der Waals surface area contributed by atoms with Crippen LogP contribution in [0.3, 0.4) is 0 Å². The van der Waals surface area contributed by atoms with Crippen molar-refractivity contribution >= 4 is 23.8 Å². The maximum atomic E-state index is 12.5. The first-order valence-corrected chi connectivity index (χ1v) is 4.51. The Balaban J connectivity index is 3.67. The first-order valence-electron chi connectivity index (χ1n) is 4.51. The van der Waals surface area contributed by atoms with Gasteiger partial charge >= 0.3 is 12.1 Å². The Hall–Kier alpha value is -2.65. The molecule has 0 heterocycles. The summed E-state index contributed by atoms with van der Waals surface area (Å²) in [6.45, 7) is 0. The molecule has 0 saturated heterocycles. The fourth-order valence-electron chi connectivity index (χ4n) is 1.31. The number of benzene rings is 1. The van der Waals surface area contributed by atoms with Crippen LogP contribution in [0.15, 0.2) is 12.1 Å². The van der Waals surface area contributed by atoms with Crippen molar-refractivity contribution in [3.63, 3.8) is 0 Å². The molecule has 1 rings (SSSR count). The topological polar surface area (TPSA) is 110 Å². The second-order valence-electron chi connectivity index (χ2n) is 3.24. The van der Waals surface area contributed by atoms with Gasteiger partial charge in [-0.25, -0.2) is 4.79 Å². The van der Waals surface area contributed by atoms with E-state index in [0.29, 0.717) is 0 Å². The van der Waals surface area contributed by atoms with Crippen molar-refractivity contribution in [3.05, 3.63) is 33.4 Å². The number of carboxylic acids is 1. The van der Waals surface area contributed by atoms with Gasteiger partial charge in [0.2, 0.25) is 6.41 Å². The second kappa shape index (κ2) is 4.92. The Bertz CT molecular complexity index is 520. The number of amides is 1. The molecule has 19 heavy (non-hydrogen) atoms. The lowest BCUT2D eigenvalue weighted by Crippen LogP contribution is -2.12. The van der Waals surface area contributed by atoms with E-state index in [1.807, 2.05) is 0 Å². The van der Waals surface area contributed by atoms with Crippen LogP contribution in [0.5, 0.6) is 0 Å². The molecule has 0 aliphatic rings. The van der Waals surface area contributed by atoms with Crippen molar-refractivity contribution in [1.29, 1.82) is 0 Å². The number of halogens is 3. The zero-order valence-electron chi connectivity index (χ0n) is 8.89. The van der Waals surface area contributed by atoms with E-state index in [-0.39, 0.29) is 18.5 Å². The number of hydrogen-bond donors (Lipinski definition) is 2. The first-order chi connectivity index (χ1) is 8.68. The monoisotopic (exact) mass is 278 g/mol. The number of carbonyl (C=O) groups excluding carboxylic acids is 1. The summed E-state index contributed by atoms with van der Waals surface area (Å²) >= 11 is 0. The van der Waals surface area contributed by atoms with E-state index in [1.54, 1.807) is 5.32 Å². The van der Waals surface area contributed by atoms with Gasteiger partial charge in [0.15, 0.2) is 0 Å². The standard InChI is InChI=1S/C9H5F3N2O5/c10-9(11,12)4-1-5(8(16)17)7(13-3-15)6(2-4)14(18)19/h1-3H,(H,13,15)(H,16,17). The highest BCUT2D eigenvalue weighted by molar-refractivity contribution is 5.99. The van der Waals surface area contributed by atoms with Gasteiger partial charge in [0.05, 0.1) is 16.1 Å². The molecule has 1 amide bonds. The first kappa shape index (κ1) is 14.4. The lowest BCUT2D eigenvalue weighted by molar-refractivity contribution is -0.384. The van der Waals surface area contributed by atoms with Crippen LogP contribution in [-0.2, 0) is 11.0 Å². The van der Waals surface area contributed by atoms with E-state index in [0.717, 1.165) is 0 Å². The second-order valence-corrected chi connectivity index (χ2v) is 3.24. The fourth-order valence-corrected chi connectivity index (χ4v) is 1.31. The van der Waals surface area contributed by atoms with Gasteiger partial charge in [-0.15, -0.1) is 0 Å². The van der Waals surface area contributed by atoms with Crippen LogP contribution < -0.4 is 5.32 Å². The van der Waals surface area contributed by atoms with E-state index in [9.17, 15) is 32.9 Å². The van der Waals surface area contributed by atoms with Gasteiger partial charge in [-0.1, -0.05) is 0 Å². The van der Waals surface area contributed by atoms with Crippen LogP contribution in [0.1, 0.15) is 15.9 Å². The Kier molecular flexibility index (Phi) is 3.73. The van der Waals surface area contributed by atoms with Crippen molar-refractivity contribution in [1.82, 2.24) is 0 Å². The molecule has 7 nitrogen and oxygen atoms in total. The number of nitrogens with zero attached hydrogens (tertiary/aromatic N) is 1. The summed E-state index contributed by atoms with van der Waals surface area (Å²) in [7, 11) is 0. The Morgan fingerprint density at radius 1 is 1.42 bits per heavy atom. The molecule has 1 aromatic rings. The predicted molar refractivity (Wildman–Crippen MR) is 54.7 cm³/mol. The van der Waals surface area contributed by atoms with Crippen molar-refractivity contribution in [2.24, 2.45) is 0 Å². The Morgan fingerprint density at radius 2 is 2.00 bits per heavy atom. The molecule has 10 heteroatoms. The highest BCUT2D eigenvalue weighted by Gasteiger charge is 2.35. The Morgan fingerprint density at radius 3 is 2.37 bits per heavy atom. The van der Waals surface area contributed by atoms with Gasteiger partial charge in [0.25, 0.3) is 5.69 Å². The average molecular weight is 278 g/mol. The Labute approximate surface area is 102 Å². The lowest BCUT2D eigenvalue weighted by Gasteiger charge is -2.11. The molecule has 0 aliphatic carbocycles. The fraction of sp³-hybridized carbons (Fsp3) is 0.111. The third kappa shape index (κ3) is 2.97. The maximum absolute atomic E-state index is 12.5. The summed E-state index contributed by atoms with van der Waals surface area (Å²) in [5.74, 6) is -1.83. The highest BCUT2D eigenvalue weighted by Crippen LogP contribution is 2.37. The number of nitro benzene ring substituents is 1. The van der Waals surface area contributed by atoms with Gasteiger partial charge in [-0.3, -0.25) is 14.9 Å². The summed E-state index contributed by atoms with van der Waals surface area (Å²) in [6, 6.07) is 0.361. The molecule has 0 saturated carbocycles. The SMILES string of the molecule is O=CNc1c(C(=O)O)cc(C(F)(F)F)cc1[N+](=O)[O-]. The van der Waals surface area contributed by atoms with Crippen molar-refractivity contribution in [3.8, 4) is 0 Å². The highest BCUT2D eigenvalue weighted by atomic mass is 19.4. The summed E-state index contributed by atoms with van der Waals surface area (Å²) in [6.07, 6.45) is -5.02. The number of alkyl halides is 3. The lowest BCUT2D eigenvalue weighted by atomic mass is 10.1. The van der Waals surface area contributed by atoms with Gasteiger partial charge in [0, 0.05) is 6.07 Å². The third-order valence-corrected chi connectivity index (χ3v) is 2.08. The smallest absolute Gasteiger partial charge is 0.416 e. The van der Waals surface area contributed by atoms with Crippen molar-refractivity contribution < 1.29 is 32.8 Å². The van der Waals surface area contributed by atoms with Crippen LogP contribution in [0.25, 0.3) is 0 Å². The number of nitro groups is 1. The molecule has 0 spiro atoms. The molecule has 0 bridgehead atoms. The molecular weight excluding hydrogens is 273 g/mol. The number of carboxylic acid groups (broad SMARTS) is 1. The quantitative estimate of drug-likeness (QED) is 0.496. The number of aromatic carboxylic acids is 1. The summed E-state index contributed by atoms with van der Waals surface area (Å²) in [5, 5.41) is 21.1. The number of nitrogens with one attached hydrogen (secondary N) is 1. The predicted octanol–water partition coefficient (Wildman–Crippen LogP) is 1.88. The third-order valence-electron chi connectivity index (χ3n) is 2.08. The average Bonchev–Trinajstić information content (AvgIpc) is 2.27. The molecule has 0 aliphatic heterocycles. The minimum atomic E-state index is -4.95. The largest absolute Gasteiger partial charge is 0.478 e. The minimum absolute atomic E-state index is 0.0674. The number of hydrogen-bond acceptors (Lipinski definition) is 4. The van der Waals surface area contributed by atoms with Crippen molar-refractivity contribution in [2.75, 3.05) is 5.32 Å². The number of carbonyl (C=O) groups is 2. The molecule has 0 aromatic heterocycles.